The SMILES string of the molecule is CN1CCN=C1CN(C(=O)[C@H]1C[C@@H]1c1ccccc1)c1ccc2c(c1)C(NS(=O)(=O)c1cccc(Cl)c1)CCC2. The van der Waals surface area contributed by atoms with E-state index in [9.17, 15) is 13.2 Å². The molecule has 0 bridgehead atoms. The van der Waals surface area contributed by atoms with Gasteiger partial charge in [0.05, 0.1) is 18.0 Å². The number of nitrogens with one attached hydrogen (secondary N) is 1. The van der Waals surface area contributed by atoms with Gasteiger partial charge in [-0.25, -0.2) is 13.1 Å². The Morgan fingerprint density at radius 1 is 1.10 bits per heavy atom. The standard InChI is InChI=1S/C31H33ClN4O3S/c1-35-16-15-33-30(35)20-36(31(37)28-19-26(28)21-7-3-2-4-8-21)24-14-13-22-9-5-12-29(27(22)18-24)34-40(38,39)25-11-6-10-23(32)17-25/h2-4,6-8,10-11,13-14,17-18,26,28-29,34H,5,9,12,15-16,19-20H2,1H3/t26-,28+,29?/m1/s1. The van der Waals surface area contributed by atoms with Gasteiger partial charge in [-0.15, -0.1) is 0 Å². The van der Waals surface area contributed by atoms with E-state index in [1.54, 1.807) is 18.2 Å². The van der Waals surface area contributed by atoms with E-state index in [1.807, 2.05) is 48.3 Å². The quantitative estimate of drug-likeness (QED) is 0.401. The number of hydrogen-bond acceptors (Lipinski definition) is 5. The zero-order valence-electron chi connectivity index (χ0n) is 22.5. The molecule has 3 aliphatic rings. The van der Waals surface area contributed by atoms with Crippen molar-refractivity contribution < 1.29 is 13.2 Å². The smallest absolute Gasteiger partial charge is 0.241 e. The van der Waals surface area contributed by atoms with Crippen LogP contribution in [0.15, 0.2) is 82.7 Å². The Morgan fingerprint density at radius 3 is 2.67 bits per heavy atom. The summed E-state index contributed by atoms with van der Waals surface area (Å²) in [6.45, 7) is 1.96. The molecule has 1 amide bonds. The second kappa shape index (κ2) is 11.0. The molecule has 40 heavy (non-hydrogen) atoms. The molecule has 6 rings (SSSR count). The van der Waals surface area contributed by atoms with Gasteiger partial charge >= 0.3 is 0 Å². The highest BCUT2D eigenvalue weighted by Crippen LogP contribution is 2.49. The van der Waals surface area contributed by atoms with E-state index in [-0.39, 0.29) is 22.6 Å². The number of fused-ring (bicyclic) bond motifs is 1. The molecule has 1 fully saturated rings. The normalized spacial score (nSPS) is 22.0. The second-order valence-corrected chi connectivity index (χ2v) is 13.1. The number of carbonyl (C=O) groups is 1. The first-order valence-electron chi connectivity index (χ1n) is 13.8. The molecule has 2 aliphatic carbocycles. The number of benzene rings is 3. The summed E-state index contributed by atoms with van der Waals surface area (Å²) in [4.78, 5) is 22.8. The first-order chi connectivity index (χ1) is 19.3. The summed E-state index contributed by atoms with van der Waals surface area (Å²) in [5.41, 5.74) is 3.99. The fourth-order valence-electron chi connectivity index (χ4n) is 5.89. The van der Waals surface area contributed by atoms with Crippen LogP contribution in [0.25, 0.3) is 0 Å². The highest BCUT2D eigenvalue weighted by molar-refractivity contribution is 7.89. The summed E-state index contributed by atoms with van der Waals surface area (Å²) >= 11 is 6.08. The molecule has 3 aromatic rings. The van der Waals surface area contributed by atoms with Crippen LogP contribution in [-0.4, -0.2) is 51.7 Å². The van der Waals surface area contributed by atoms with Crippen LogP contribution in [0.3, 0.4) is 0 Å². The van der Waals surface area contributed by atoms with Crippen LogP contribution < -0.4 is 9.62 Å². The molecule has 0 radical (unpaired) electrons. The Balaban J connectivity index is 1.31. The van der Waals surface area contributed by atoms with Gasteiger partial charge in [-0.05, 0) is 78.6 Å². The largest absolute Gasteiger partial charge is 0.360 e. The maximum absolute atomic E-state index is 14.0. The number of aliphatic imine (C=N–C) groups is 1. The third-order valence-corrected chi connectivity index (χ3v) is 9.93. The van der Waals surface area contributed by atoms with Crippen molar-refractivity contribution in [3.63, 3.8) is 0 Å². The number of carbonyl (C=O) groups excluding carboxylic acids is 1. The number of anilines is 1. The van der Waals surface area contributed by atoms with Gasteiger partial charge in [-0.1, -0.05) is 54.1 Å². The van der Waals surface area contributed by atoms with Crippen molar-refractivity contribution in [1.82, 2.24) is 9.62 Å². The summed E-state index contributed by atoms with van der Waals surface area (Å²) in [5.74, 6) is 1.11. The summed E-state index contributed by atoms with van der Waals surface area (Å²) in [7, 11) is -1.78. The van der Waals surface area contributed by atoms with Crippen LogP contribution in [0.1, 0.15) is 47.9 Å². The van der Waals surface area contributed by atoms with Gasteiger partial charge in [0.2, 0.25) is 15.9 Å². The molecule has 0 saturated heterocycles. The molecular formula is C31H33ClN4O3S. The predicted molar refractivity (Wildman–Crippen MR) is 158 cm³/mol. The Hall–Kier alpha value is -3.20. The van der Waals surface area contributed by atoms with Gasteiger partial charge in [0.25, 0.3) is 0 Å². The molecule has 3 atom stereocenters. The van der Waals surface area contributed by atoms with Gasteiger partial charge in [-0.3, -0.25) is 9.79 Å². The van der Waals surface area contributed by atoms with E-state index >= 15 is 0 Å². The van der Waals surface area contributed by atoms with Crippen LogP contribution in [0.5, 0.6) is 0 Å². The van der Waals surface area contributed by atoms with Crippen molar-refractivity contribution in [3.05, 3.63) is 94.5 Å². The molecule has 7 nitrogen and oxygen atoms in total. The van der Waals surface area contributed by atoms with Crippen LogP contribution in [0.4, 0.5) is 5.69 Å². The maximum atomic E-state index is 14.0. The lowest BCUT2D eigenvalue weighted by atomic mass is 9.87. The van der Waals surface area contributed by atoms with E-state index in [2.05, 4.69) is 26.7 Å². The van der Waals surface area contributed by atoms with Crippen LogP contribution in [0.2, 0.25) is 5.02 Å². The van der Waals surface area contributed by atoms with Crippen molar-refractivity contribution in [3.8, 4) is 0 Å². The highest BCUT2D eigenvalue weighted by Gasteiger charge is 2.46. The summed E-state index contributed by atoms with van der Waals surface area (Å²) in [6, 6.07) is 22.2. The Labute approximate surface area is 240 Å². The molecule has 1 N–H and O–H groups in total. The number of amides is 1. The van der Waals surface area contributed by atoms with Gasteiger partial charge in [-0.2, -0.15) is 0 Å². The van der Waals surface area contributed by atoms with E-state index in [4.69, 9.17) is 11.6 Å². The van der Waals surface area contributed by atoms with Gasteiger partial charge in [0, 0.05) is 36.3 Å². The molecule has 0 aromatic heterocycles. The average Bonchev–Trinajstić information content (AvgIpc) is 3.66. The zero-order valence-corrected chi connectivity index (χ0v) is 24.0. The summed E-state index contributed by atoms with van der Waals surface area (Å²) < 4.78 is 29.4. The van der Waals surface area contributed by atoms with Crippen molar-refractivity contribution in [1.29, 1.82) is 0 Å². The molecule has 1 unspecified atom stereocenters. The van der Waals surface area contributed by atoms with E-state index in [1.165, 1.54) is 11.6 Å². The number of aryl methyl sites for hydroxylation is 1. The Bertz CT molecular complexity index is 1560. The molecule has 208 valence electrons. The number of nitrogens with zero attached hydrogens (tertiary/aromatic N) is 3. The van der Waals surface area contributed by atoms with Crippen molar-refractivity contribution in [2.45, 2.75) is 42.5 Å². The molecule has 1 saturated carbocycles. The minimum absolute atomic E-state index is 0.0807. The topological polar surface area (TPSA) is 82.1 Å². The molecule has 3 aromatic carbocycles. The van der Waals surface area contributed by atoms with Crippen LogP contribution in [0, 0.1) is 5.92 Å². The monoisotopic (exact) mass is 576 g/mol. The highest BCUT2D eigenvalue weighted by atomic mass is 35.5. The summed E-state index contributed by atoms with van der Waals surface area (Å²) in [5, 5.41) is 0.372. The van der Waals surface area contributed by atoms with Crippen LogP contribution in [-0.2, 0) is 21.2 Å². The minimum atomic E-state index is -3.78. The van der Waals surface area contributed by atoms with Crippen LogP contribution >= 0.6 is 11.6 Å². The lowest BCUT2D eigenvalue weighted by molar-refractivity contribution is -0.119. The average molecular weight is 577 g/mol. The molecule has 0 spiro atoms. The van der Waals surface area contributed by atoms with Gasteiger partial charge < -0.3 is 9.80 Å². The fraction of sp³-hybridized carbons (Fsp3) is 0.355. The number of sulfonamides is 1. The minimum Gasteiger partial charge on any atom is -0.360 e. The predicted octanol–water partition coefficient (Wildman–Crippen LogP) is 5.18. The number of rotatable bonds is 8. The first kappa shape index (κ1) is 27.0. The third-order valence-electron chi connectivity index (χ3n) is 8.23. The van der Waals surface area contributed by atoms with Crippen molar-refractivity contribution in [2.24, 2.45) is 10.9 Å². The number of likely N-dealkylation sites (N-methyl/N-ethyl adjacent to an activating group) is 1. The maximum Gasteiger partial charge on any atom is 0.241 e. The van der Waals surface area contributed by atoms with Gasteiger partial charge in [0.1, 0.15) is 5.84 Å². The molecule has 9 heteroatoms. The lowest BCUT2D eigenvalue weighted by Gasteiger charge is -2.30. The van der Waals surface area contributed by atoms with E-state index < -0.39 is 16.1 Å². The first-order valence-corrected chi connectivity index (χ1v) is 15.7. The van der Waals surface area contributed by atoms with Crippen molar-refractivity contribution in [2.75, 3.05) is 31.6 Å². The van der Waals surface area contributed by atoms with Gasteiger partial charge in [0.15, 0.2) is 0 Å². The Kier molecular flexibility index (Phi) is 7.42. The molecular weight excluding hydrogens is 544 g/mol. The molecule has 1 aliphatic heterocycles. The van der Waals surface area contributed by atoms with E-state index in [0.717, 1.165) is 55.0 Å². The fourth-order valence-corrected chi connectivity index (χ4v) is 7.44. The number of amidine groups is 1. The van der Waals surface area contributed by atoms with Crippen molar-refractivity contribution >= 4 is 39.1 Å². The third kappa shape index (κ3) is 5.53. The second-order valence-electron chi connectivity index (χ2n) is 10.9. The molecule has 1 heterocycles. The number of halogens is 1. The lowest BCUT2D eigenvalue weighted by Crippen LogP contribution is -2.41. The zero-order chi connectivity index (χ0) is 27.9. The number of hydrogen-bond donors (Lipinski definition) is 1. The Morgan fingerprint density at radius 2 is 1.93 bits per heavy atom. The van der Waals surface area contributed by atoms with E-state index in [0.29, 0.717) is 18.0 Å². The summed E-state index contributed by atoms with van der Waals surface area (Å²) in [6.07, 6.45) is 3.25.